The van der Waals surface area contributed by atoms with Crippen LogP contribution in [0.4, 0.5) is 4.39 Å². The second-order valence-corrected chi connectivity index (χ2v) is 6.46. The van der Waals surface area contributed by atoms with Gasteiger partial charge < -0.3 is 5.11 Å². The van der Waals surface area contributed by atoms with Crippen LogP contribution >= 0.6 is 15.9 Å². The third-order valence-electron chi connectivity index (χ3n) is 2.24. The smallest absolute Gasteiger partial charge is 0.338 e. The molecule has 8 heteroatoms. The van der Waals surface area contributed by atoms with E-state index in [1.165, 1.54) is 7.05 Å². The molecule has 0 saturated carbocycles. The summed E-state index contributed by atoms with van der Waals surface area (Å²) in [6, 6.07) is 1.97. The van der Waals surface area contributed by atoms with Crippen LogP contribution in [0.15, 0.2) is 21.5 Å². The maximum absolute atomic E-state index is 13.9. The van der Waals surface area contributed by atoms with E-state index in [0.717, 1.165) is 16.4 Å². The standard InChI is InChI=1S/C11H9BrFNO4S/c1-3-4-14(2)19(17,18)9-6-7(12)5-8(10(9)13)11(15)16/h1,5-6H,4H2,2H3,(H,15,16). The SMILES string of the molecule is C#CCN(C)S(=O)(=O)c1cc(Br)cc(C(=O)O)c1F. The first-order valence-electron chi connectivity index (χ1n) is 4.84. The monoisotopic (exact) mass is 349 g/mol. The molecule has 0 aliphatic heterocycles. The Morgan fingerprint density at radius 3 is 2.63 bits per heavy atom. The number of sulfonamides is 1. The molecule has 1 rings (SSSR count). The van der Waals surface area contributed by atoms with Crippen molar-refractivity contribution in [1.29, 1.82) is 0 Å². The van der Waals surface area contributed by atoms with Gasteiger partial charge in [-0.15, -0.1) is 6.42 Å². The van der Waals surface area contributed by atoms with Gasteiger partial charge >= 0.3 is 5.97 Å². The highest BCUT2D eigenvalue weighted by molar-refractivity contribution is 9.10. The fourth-order valence-electron chi connectivity index (χ4n) is 1.29. The Morgan fingerprint density at radius 1 is 1.58 bits per heavy atom. The molecule has 1 aromatic carbocycles. The molecule has 0 saturated heterocycles. The molecule has 5 nitrogen and oxygen atoms in total. The van der Waals surface area contributed by atoms with Gasteiger partial charge in [0.25, 0.3) is 0 Å². The zero-order valence-corrected chi connectivity index (χ0v) is 12.1. The van der Waals surface area contributed by atoms with Crippen LogP contribution in [0.25, 0.3) is 0 Å². The fourth-order valence-corrected chi connectivity index (χ4v) is 3.09. The van der Waals surface area contributed by atoms with Gasteiger partial charge in [0.2, 0.25) is 10.0 Å². The number of carboxylic acids is 1. The summed E-state index contributed by atoms with van der Waals surface area (Å²) in [4.78, 5) is 10.1. The zero-order chi connectivity index (χ0) is 14.8. The minimum Gasteiger partial charge on any atom is -0.478 e. The Labute approximate surface area is 118 Å². The molecule has 0 aliphatic rings. The van der Waals surface area contributed by atoms with Crippen molar-refractivity contribution in [3.05, 3.63) is 28.0 Å². The van der Waals surface area contributed by atoms with Gasteiger partial charge in [-0.3, -0.25) is 0 Å². The lowest BCUT2D eigenvalue weighted by Gasteiger charge is -2.15. The van der Waals surface area contributed by atoms with Gasteiger partial charge in [-0.2, -0.15) is 4.31 Å². The molecule has 0 radical (unpaired) electrons. The topological polar surface area (TPSA) is 74.7 Å². The normalized spacial score (nSPS) is 11.3. The Kier molecular flexibility index (Phi) is 4.68. The predicted octanol–water partition coefficient (Wildman–Crippen LogP) is 1.54. The highest BCUT2D eigenvalue weighted by atomic mass is 79.9. The number of halogens is 2. The molecule has 0 atom stereocenters. The molecule has 0 unspecified atom stereocenters. The van der Waals surface area contributed by atoms with E-state index in [4.69, 9.17) is 11.5 Å². The van der Waals surface area contributed by atoms with E-state index in [0.29, 0.717) is 0 Å². The van der Waals surface area contributed by atoms with Crippen LogP contribution < -0.4 is 0 Å². The van der Waals surface area contributed by atoms with Crippen molar-refractivity contribution < 1.29 is 22.7 Å². The summed E-state index contributed by atoms with van der Waals surface area (Å²) in [5, 5.41) is 8.82. The van der Waals surface area contributed by atoms with Crippen LogP contribution in [0.1, 0.15) is 10.4 Å². The number of aromatic carboxylic acids is 1. The van der Waals surface area contributed by atoms with Gasteiger partial charge in [-0.05, 0) is 12.1 Å². The van der Waals surface area contributed by atoms with Crippen molar-refractivity contribution >= 4 is 31.9 Å². The third kappa shape index (κ3) is 3.12. The van der Waals surface area contributed by atoms with Gasteiger partial charge in [0.1, 0.15) is 4.90 Å². The van der Waals surface area contributed by atoms with Crippen molar-refractivity contribution in [2.45, 2.75) is 4.90 Å². The highest BCUT2D eigenvalue weighted by Crippen LogP contribution is 2.26. The maximum Gasteiger partial charge on any atom is 0.338 e. The first-order chi connectivity index (χ1) is 8.71. The largest absolute Gasteiger partial charge is 0.478 e. The summed E-state index contributed by atoms with van der Waals surface area (Å²) in [6.45, 7) is -0.253. The Balaban J connectivity index is 3.52. The van der Waals surface area contributed by atoms with Crippen molar-refractivity contribution in [2.24, 2.45) is 0 Å². The molecule has 1 N–H and O–H groups in total. The lowest BCUT2D eigenvalue weighted by Crippen LogP contribution is -2.28. The fraction of sp³-hybridized carbons (Fsp3) is 0.182. The van der Waals surface area contributed by atoms with Crippen molar-refractivity contribution in [2.75, 3.05) is 13.6 Å². The summed E-state index contributed by atoms with van der Waals surface area (Å²) in [5.41, 5.74) is -0.734. The minimum atomic E-state index is -4.19. The number of nitrogens with zero attached hydrogens (tertiary/aromatic N) is 1. The second-order valence-electron chi connectivity index (χ2n) is 3.54. The average Bonchev–Trinajstić information content (AvgIpc) is 2.31. The first kappa shape index (κ1) is 15.6. The molecule has 0 spiro atoms. The van der Waals surface area contributed by atoms with Crippen molar-refractivity contribution in [3.8, 4) is 12.3 Å². The lowest BCUT2D eigenvalue weighted by molar-refractivity contribution is 0.0691. The molecule has 1 aromatic rings. The number of terminal acetylenes is 1. The Hall–Kier alpha value is -1.43. The van der Waals surface area contributed by atoms with Crippen molar-refractivity contribution in [1.82, 2.24) is 4.31 Å². The number of hydrogen-bond donors (Lipinski definition) is 1. The van der Waals surface area contributed by atoms with Gasteiger partial charge in [-0.1, -0.05) is 21.9 Å². The molecule has 0 aromatic heterocycles. The predicted molar refractivity (Wildman–Crippen MR) is 69.7 cm³/mol. The molecule has 0 amide bonds. The van der Waals surface area contributed by atoms with Crippen LogP contribution in [-0.4, -0.2) is 37.4 Å². The zero-order valence-electron chi connectivity index (χ0n) is 9.72. The summed E-state index contributed by atoms with van der Waals surface area (Å²) in [5.74, 6) is -0.769. The molecule has 102 valence electrons. The molecule has 0 heterocycles. The number of rotatable bonds is 4. The van der Waals surface area contributed by atoms with E-state index < -0.39 is 32.3 Å². The number of benzene rings is 1. The average molecular weight is 350 g/mol. The second kappa shape index (κ2) is 5.69. The summed E-state index contributed by atoms with van der Waals surface area (Å²) < 4.78 is 38.9. The molecule has 19 heavy (non-hydrogen) atoms. The minimum absolute atomic E-state index is 0.138. The summed E-state index contributed by atoms with van der Waals surface area (Å²) in [7, 11) is -3.01. The van der Waals surface area contributed by atoms with Gasteiger partial charge in [-0.25, -0.2) is 17.6 Å². The number of carboxylic acid groups (broad SMARTS) is 1. The van der Waals surface area contributed by atoms with E-state index in [-0.39, 0.29) is 11.0 Å². The van der Waals surface area contributed by atoms with E-state index in [1.807, 2.05) is 0 Å². The van der Waals surface area contributed by atoms with Crippen LogP contribution in [0.2, 0.25) is 0 Å². The van der Waals surface area contributed by atoms with Gasteiger partial charge in [0.15, 0.2) is 5.82 Å². The Bertz CT molecular complexity index is 666. The maximum atomic E-state index is 13.9. The quantitative estimate of drug-likeness (QED) is 0.836. The van der Waals surface area contributed by atoms with E-state index in [9.17, 15) is 17.6 Å². The third-order valence-corrected chi connectivity index (χ3v) is 4.50. The van der Waals surface area contributed by atoms with Crippen LogP contribution in [-0.2, 0) is 10.0 Å². The van der Waals surface area contributed by atoms with Gasteiger partial charge in [0.05, 0.1) is 12.1 Å². The molecular weight excluding hydrogens is 341 g/mol. The lowest BCUT2D eigenvalue weighted by atomic mass is 10.2. The molecule has 0 bridgehead atoms. The van der Waals surface area contributed by atoms with Crippen LogP contribution in [0, 0.1) is 18.2 Å². The van der Waals surface area contributed by atoms with Crippen LogP contribution in [0.5, 0.6) is 0 Å². The molecular formula is C11H9BrFNO4S. The molecule has 0 aliphatic carbocycles. The van der Waals surface area contributed by atoms with E-state index in [1.54, 1.807) is 0 Å². The highest BCUT2D eigenvalue weighted by Gasteiger charge is 2.28. The van der Waals surface area contributed by atoms with Gasteiger partial charge in [0, 0.05) is 11.5 Å². The van der Waals surface area contributed by atoms with Crippen molar-refractivity contribution in [3.63, 3.8) is 0 Å². The van der Waals surface area contributed by atoms with Crippen LogP contribution in [0.3, 0.4) is 0 Å². The Morgan fingerprint density at radius 2 is 2.16 bits per heavy atom. The number of hydrogen-bond acceptors (Lipinski definition) is 3. The summed E-state index contributed by atoms with van der Waals surface area (Å²) >= 11 is 2.94. The van der Waals surface area contributed by atoms with E-state index in [2.05, 4.69) is 21.9 Å². The van der Waals surface area contributed by atoms with E-state index >= 15 is 0 Å². The molecule has 0 fully saturated rings. The first-order valence-corrected chi connectivity index (χ1v) is 7.07. The summed E-state index contributed by atoms with van der Waals surface area (Å²) in [6.07, 6.45) is 5.00. The number of carbonyl (C=O) groups is 1.